The third-order valence-electron chi connectivity index (χ3n) is 3.59. The Bertz CT molecular complexity index is 714. The summed E-state index contributed by atoms with van der Waals surface area (Å²) in [6.07, 6.45) is 1.66. The molecular weight excluding hydrogens is 310 g/mol. The van der Waals surface area contributed by atoms with Gasteiger partial charge in [0.05, 0.1) is 18.4 Å². The molecule has 0 spiro atoms. The highest BCUT2D eigenvalue weighted by atomic mass is 32.1. The van der Waals surface area contributed by atoms with Gasteiger partial charge in [-0.1, -0.05) is 18.2 Å². The van der Waals surface area contributed by atoms with Crippen molar-refractivity contribution in [3.63, 3.8) is 0 Å². The van der Waals surface area contributed by atoms with Gasteiger partial charge in [-0.25, -0.2) is 4.79 Å². The molecule has 3 aromatic rings. The Morgan fingerprint density at radius 2 is 1.96 bits per heavy atom. The number of thiophene rings is 1. The van der Waals surface area contributed by atoms with Crippen LogP contribution in [0.2, 0.25) is 0 Å². The summed E-state index contributed by atoms with van der Waals surface area (Å²) in [5.74, 6) is -0.0258. The number of benzene rings is 1. The largest absolute Gasteiger partial charge is 0.478 e. The fourth-order valence-corrected chi connectivity index (χ4v) is 3.20. The highest BCUT2D eigenvalue weighted by Crippen LogP contribution is 2.18. The second-order valence-corrected chi connectivity index (χ2v) is 6.10. The number of carboxylic acid groups (broad SMARTS) is 1. The average Bonchev–Trinajstić information content (AvgIpc) is 3.21. The molecule has 2 heterocycles. The molecule has 0 atom stereocenters. The van der Waals surface area contributed by atoms with Gasteiger partial charge in [-0.05, 0) is 46.2 Å². The number of rotatable bonds is 7. The zero-order chi connectivity index (χ0) is 16.1. The van der Waals surface area contributed by atoms with Crippen LogP contribution in [0.3, 0.4) is 0 Å². The molecule has 118 valence electrons. The highest BCUT2D eigenvalue weighted by Gasteiger charge is 2.15. The van der Waals surface area contributed by atoms with Gasteiger partial charge in [0.2, 0.25) is 0 Å². The second-order valence-electron chi connectivity index (χ2n) is 5.32. The number of carboxylic acids is 1. The molecule has 5 heteroatoms. The van der Waals surface area contributed by atoms with Crippen LogP contribution in [0.25, 0.3) is 0 Å². The maximum atomic E-state index is 11.4. The number of carbonyl (C=O) groups is 1. The summed E-state index contributed by atoms with van der Waals surface area (Å²) < 4.78 is 5.44. The molecule has 0 amide bonds. The van der Waals surface area contributed by atoms with Crippen LogP contribution in [-0.2, 0) is 19.6 Å². The zero-order valence-electron chi connectivity index (χ0n) is 12.5. The molecule has 0 radical (unpaired) electrons. The predicted molar refractivity (Wildman–Crippen MR) is 89.4 cm³/mol. The van der Waals surface area contributed by atoms with Crippen molar-refractivity contribution >= 4 is 17.3 Å². The number of furan rings is 1. The van der Waals surface area contributed by atoms with Crippen molar-refractivity contribution in [1.82, 2.24) is 4.90 Å². The lowest BCUT2D eigenvalue weighted by atomic mass is 10.1. The van der Waals surface area contributed by atoms with Crippen LogP contribution in [-0.4, -0.2) is 16.0 Å². The molecule has 0 aliphatic rings. The maximum Gasteiger partial charge on any atom is 0.336 e. The summed E-state index contributed by atoms with van der Waals surface area (Å²) in [5.41, 5.74) is 2.37. The van der Waals surface area contributed by atoms with E-state index in [0.717, 1.165) is 17.9 Å². The molecule has 0 saturated carbocycles. The normalized spacial score (nSPS) is 11.0. The monoisotopic (exact) mass is 327 g/mol. The number of hydrogen-bond acceptors (Lipinski definition) is 4. The Morgan fingerprint density at radius 1 is 1.09 bits per heavy atom. The number of nitrogens with zero attached hydrogens (tertiary/aromatic N) is 1. The minimum atomic E-state index is -0.894. The third kappa shape index (κ3) is 4.09. The molecule has 0 fully saturated rings. The molecule has 0 aliphatic heterocycles. The quantitative estimate of drug-likeness (QED) is 0.705. The summed E-state index contributed by atoms with van der Waals surface area (Å²) >= 11 is 1.66. The summed E-state index contributed by atoms with van der Waals surface area (Å²) in [6.45, 7) is 1.94. The lowest BCUT2D eigenvalue weighted by Gasteiger charge is -2.21. The van der Waals surface area contributed by atoms with Gasteiger partial charge >= 0.3 is 5.97 Å². The lowest BCUT2D eigenvalue weighted by Crippen LogP contribution is -2.23. The maximum absolute atomic E-state index is 11.4. The predicted octanol–water partition coefficient (Wildman–Crippen LogP) is 4.24. The molecule has 3 rings (SSSR count). The first-order valence-electron chi connectivity index (χ1n) is 7.29. The van der Waals surface area contributed by atoms with Gasteiger partial charge in [-0.2, -0.15) is 11.3 Å². The summed E-state index contributed by atoms with van der Waals surface area (Å²) in [4.78, 5) is 13.6. The highest BCUT2D eigenvalue weighted by molar-refractivity contribution is 7.07. The van der Waals surface area contributed by atoms with Gasteiger partial charge < -0.3 is 9.52 Å². The van der Waals surface area contributed by atoms with Crippen molar-refractivity contribution in [1.29, 1.82) is 0 Å². The Hall–Kier alpha value is -2.37. The lowest BCUT2D eigenvalue weighted by molar-refractivity contribution is 0.0694. The molecule has 0 saturated heterocycles. The van der Waals surface area contributed by atoms with Gasteiger partial charge in [0, 0.05) is 13.1 Å². The average molecular weight is 327 g/mol. The molecular formula is C18H17NO3S. The van der Waals surface area contributed by atoms with Crippen molar-refractivity contribution < 1.29 is 14.3 Å². The minimum absolute atomic E-state index is 0.349. The molecule has 0 aliphatic carbocycles. The number of hydrogen-bond donors (Lipinski definition) is 1. The van der Waals surface area contributed by atoms with Gasteiger partial charge in [0.15, 0.2) is 0 Å². The van der Waals surface area contributed by atoms with Crippen molar-refractivity contribution in [3.05, 3.63) is 81.9 Å². The molecule has 1 aromatic carbocycles. The van der Waals surface area contributed by atoms with Crippen molar-refractivity contribution in [2.45, 2.75) is 19.6 Å². The number of aromatic carboxylic acids is 1. The minimum Gasteiger partial charge on any atom is -0.478 e. The Morgan fingerprint density at radius 3 is 2.65 bits per heavy atom. The van der Waals surface area contributed by atoms with Gasteiger partial charge in [0.25, 0.3) is 0 Å². The van der Waals surface area contributed by atoms with Gasteiger partial charge in [-0.15, -0.1) is 0 Å². The van der Waals surface area contributed by atoms with Crippen molar-refractivity contribution in [2.24, 2.45) is 0 Å². The van der Waals surface area contributed by atoms with E-state index in [1.54, 1.807) is 29.7 Å². The Labute approximate surface area is 138 Å². The molecule has 4 nitrogen and oxygen atoms in total. The van der Waals surface area contributed by atoms with Gasteiger partial charge in [-0.3, -0.25) is 4.90 Å². The van der Waals surface area contributed by atoms with E-state index in [1.807, 2.05) is 29.6 Å². The van der Waals surface area contributed by atoms with Crippen LogP contribution in [0.5, 0.6) is 0 Å². The van der Waals surface area contributed by atoms with Crippen LogP contribution >= 0.6 is 11.3 Å². The van der Waals surface area contributed by atoms with E-state index in [4.69, 9.17) is 4.42 Å². The Kier molecular flexibility index (Phi) is 4.90. The fourth-order valence-electron chi connectivity index (χ4n) is 2.54. The molecule has 23 heavy (non-hydrogen) atoms. The smallest absolute Gasteiger partial charge is 0.336 e. The van der Waals surface area contributed by atoms with E-state index in [1.165, 1.54) is 5.56 Å². The van der Waals surface area contributed by atoms with Crippen LogP contribution in [0.4, 0.5) is 0 Å². The third-order valence-corrected chi connectivity index (χ3v) is 4.32. The van der Waals surface area contributed by atoms with Crippen molar-refractivity contribution in [2.75, 3.05) is 0 Å². The van der Waals surface area contributed by atoms with Crippen molar-refractivity contribution in [3.8, 4) is 0 Å². The van der Waals surface area contributed by atoms with Crippen LogP contribution in [0, 0.1) is 0 Å². The van der Waals surface area contributed by atoms with E-state index < -0.39 is 5.97 Å². The first kappa shape index (κ1) is 15.5. The molecule has 1 N–H and O–H groups in total. The fraction of sp³-hybridized carbons (Fsp3) is 0.167. The van der Waals surface area contributed by atoms with Crippen LogP contribution in [0.1, 0.15) is 27.2 Å². The standard InChI is InChI=1S/C18H17NO3S/c20-18(21)17-6-2-1-4-15(17)11-19(10-14-7-9-23-13-14)12-16-5-3-8-22-16/h1-9,13H,10-12H2,(H,20,21). The first-order chi connectivity index (χ1) is 11.2. The van der Waals surface area contributed by atoms with E-state index in [2.05, 4.69) is 16.3 Å². The Balaban J connectivity index is 1.81. The van der Waals surface area contributed by atoms with E-state index in [-0.39, 0.29) is 0 Å². The summed E-state index contributed by atoms with van der Waals surface area (Å²) in [7, 11) is 0. The SMILES string of the molecule is O=C(O)c1ccccc1CN(Cc1ccsc1)Cc1ccco1. The molecule has 2 aromatic heterocycles. The molecule has 0 unspecified atom stereocenters. The molecule has 0 bridgehead atoms. The summed E-state index contributed by atoms with van der Waals surface area (Å²) in [5, 5.41) is 13.5. The second kappa shape index (κ2) is 7.26. The van der Waals surface area contributed by atoms with E-state index >= 15 is 0 Å². The summed E-state index contributed by atoms with van der Waals surface area (Å²) in [6, 6.07) is 13.0. The van der Waals surface area contributed by atoms with E-state index in [9.17, 15) is 9.90 Å². The van der Waals surface area contributed by atoms with Crippen LogP contribution in [0.15, 0.2) is 63.9 Å². The van der Waals surface area contributed by atoms with Crippen LogP contribution < -0.4 is 0 Å². The van der Waals surface area contributed by atoms with Gasteiger partial charge in [0.1, 0.15) is 5.76 Å². The van der Waals surface area contributed by atoms with E-state index in [0.29, 0.717) is 18.7 Å². The zero-order valence-corrected chi connectivity index (χ0v) is 13.3. The first-order valence-corrected chi connectivity index (χ1v) is 8.23. The topological polar surface area (TPSA) is 53.7 Å².